The number of benzene rings is 2. The van der Waals surface area contributed by atoms with Crippen molar-refractivity contribution in [3.63, 3.8) is 0 Å². The topological polar surface area (TPSA) is 43.9 Å². The maximum atomic E-state index is 13.0. The van der Waals surface area contributed by atoms with E-state index in [2.05, 4.69) is 50.0 Å². The molecule has 2 saturated heterocycles. The van der Waals surface area contributed by atoms with Crippen molar-refractivity contribution >= 4 is 33.4 Å². The molecule has 2 fully saturated rings. The van der Waals surface area contributed by atoms with Gasteiger partial charge >= 0.3 is 0 Å². The minimum absolute atomic E-state index is 0.108. The van der Waals surface area contributed by atoms with Gasteiger partial charge in [0.25, 0.3) is 5.91 Å². The van der Waals surface area contributed by atoms with Gasteiger partial charge in [-0.2, -0.15) is 0 Å². The number of nitrogens with zero attached hydrogens (tertiary/aromatic N) is 3. The van der Waals surface area contributed by atoms with Crippen LogP contribution in [0.3, 0.4) is 0 Å². The van der Waals surface area contributed by atoms with Crippen molar-refractivity contribution in [2.24, 2.45) is 0 Å². The molecule has 5 nitrogen and oxygen atoms in total. The summed E-state index contributed by atoms with van der Waals surface area (Å²) in [4.78, 5) is 31.4. The Morgan fingerprint density at radius 1 is 0.889 bits per heavy atom. The summed E-state index contributed by atoms with van der Waals surface area (Å²) in [6.45, 7) is 4.35. The van der Waals surface area contributed by atoms with Crippen LogP contribution in [0.2, 0.25) is 0 Å². The second-order valence-electron chi connectivity index (χ2n) is 7.04. The van der Waals surface area contributed by atoms with Crippen molar-refractivity contribution < 1.29 is 9.59 Å². The highest BCUT2D eigenvalue weighted by Gasteiger charge is 2.43. The lowest BCUT2D eigenvalue weighted by Gasteiger charge is -2.37. The summed E-state index contributed by atoms with van der Waals surface area (Å²) in [5.41, 5.74) is 1.94. The Kier molecular flexibility index (Phi) is 5.38. The van der Waals surface area contributed by atoms with E-state index in [1.807, 2.05) is 24.3 Å². The lowest BCUT2D eigenvalue weighted by Crippen LogP contribution is -2.52. The van der Waals surface area contributed by atoms with Crippen LogP contribution in [-0.2, 0) is 16.1 Å². The molecule has 2 aliphatic heterocycles. The second kappa shape index (κ2) is 7.92. The smallest absolute Gasteiger partial charge is 0.251 e. The fourth-order valence-corrected chi connectivity index (χ4v) is 4.32. The fraction of sp³-hybridized carbons (Fsp3) is 0.333. The molecule has 0 saturated carbocycles. The van der Waals surface area contributed by atoms with Gasteiger partial charge in [-0.05, 0) is 33.6 Å². The van der Waals surface area contributed by atoms with Crippen LogP contribution in [0.5, 0.6) is 0 Å². The van der Waals surface area contributed by atoms with Crippen LogP contribution in [-0.4, -0.2) is 53.8 Å². The summed E-state index contributed by atoms with van der Waals surface area (Å²) in [5.74, 6) is -0.230. The van der Waals surface area contributed by atoms with E-state index in [1.165, 1.54) is 10.5 Å². The van der Waals surface area contributed by atoms with Crippen LogP contribution < -0.4 is 4.90 Å². The molecule has 4 rings (SSSR count). The molecule has 0 N–H and O–H groups in total. The Bertz CT molecular complexity index is 834. The predicted octanol–water partition coefficient (Wildman–Crippen LogP) is 2.90. The predicted molar refractivity (Wildman–Crippen MR) is 108 cm³/mol. The van der Waals surface area contributed by atoms with E-state index >= 15 is 0 Å². The average molecular weight is 428 g/mol. The highest BCUT2D eigenvalue weighted by atomic mass is 79.9. The zero-order valence-electron chi connectivity index (χ0n) is 15.1. The number of carbonyl (C=O) groups is 2. The zero-order chi connectivity index (χ0) is 18.8. The average Bonchev–Trinajstić information content (AvgIpc) is 2.98. The van der Waals surface area contributed by atoms with Crippen molar-refractivity contribution in [1.82, 2.24) is 9.80 Å². The molecule has 140 valence electrons. The van der Waals surface area contributed by atoms with Crippen LogP contribution in [0.4, 0.5) is 5.69 Å². The minimum atomic E-state index is -0.344. The summed E-state index contributed by atoms with van der Waals surface area (Å²) >= 11 is 3.45. The summed E-state index contributed by atoms with van der Waals surface area (Å²) in [7, 11) is 0. The van der Waals surface area contributed by atoms with Crippen molar-refractivity contribution in [2.45, 2.75) is 19.0 Å². The number of hydrogen-bond acceptors (Lipinski definition) is 4. The molecule has 27 heavy (non-hydrogen) atoms. The summed E-state index contributed by atoms with van der Waals surface area (Å²) in [6.07, 6.45) is 0.263. The zero-order valence-corrected chi connectivity index (χ0v) is 16.6. The van der Waals surface area contributed by atoms with Crippen LogP contribution in [0.1, 0.15) is 12.0 Å². The van der Waals surface area contributed by atoms with Crippen LogP contribution in [0.25, 0.3) is 0 Å². The maximum Gasteiger partial charge on any atom is 0.251 e. The van der Waals surface area contributed by atoms with Crippen molar-refractivity contribution in [3.8, 4) is 0 Å². The van der Waals surface area contributed by atoms with Gasteiger partial charge in [-0.1, -0.05) is 42.5 Å². The third kappa shape index (κ3) is 3.83. The Morgan fingerprint density at radius 2 is 1.56 bits per heavy atom. The van der Waals surface area contributed by atoms with Gasteiger partial charge in [-0.3, -0.25) is 19.4 Å². The number of carbonyl (C=O) groups excluding carboxylic acids is 2. The number of piperazine rings is 1. The van der Waals surface area contributed by atoms with Gasteiger partial charge in [-0.15, -0.1) is 0 Å². The molecule has 6 heteroatoms. The molecule has 2 aliphatic rings. The molecule has 0 aromatic heterocycles. The maximum absolute atomic E-state index is 13.0. The number of amides is 2. The summed E-state index contributed by atoms with van der Waals surface area (Å²) in [5, 5.41) is 0. The minimum Gasteiger partial charge on any atom is -0.297 e. The van der Waals surface area contributed by atoms with E-state index in [9.17, 15) is 9.59 Å². The Morgan fingerprint density at radius 3 is 2.26 bits per heavy atom. The normalized spacial score (nSPS) is 21.8. The van der Waals surface area contributed by atoms with E-state index < -0.39 is 0 Å². The Hall–Kier alpha value is -2.02. The lowest BCUT2D eigenvalue weighted by atomic mass is 10.1. The molecule has 0 unspecified atom stereocenters. The van der Waals surface area contributed by atoms with Crippen LogP contribution >= 0.6 is 15.9 Å². The quantitative estimate of drug-likeness (QED) is 0.703. The van der Waals surface area contributed by atoms with Gasteiger partial charge in [0.2, 0.25) is 5.91 Å². The van der Waals surface area contributed by atoms with Gasteiger partial charge in [-0.25, -0.2) is 4.90 Å². The van der Waals surface area contributed by atoms with Gasteiger partial charge < -0.3 is 0 Å². The number of hydrogen-bond donors (Lipinski definition) is 0. The third-order valence-electron chi connectivity index (χ3n) is 5.31. The standard InChI is InChI=1S/C21H22BrN3O2/c22-17-8-4-5-9-18(17)25-20(26)14-19(21(25)27)24-12-10-23(11-13-24)15-16-6-2-1-3-7-16/h1-9,19H,10-15H2/t19-/m1/s1. The number of imide groups is 1. The largest absolute Gasteiger partial charge is 0.297 e. The molecule has 0 radical (unpaired) electrons. The van der Waals surface area contributed by atoms with Gasteiger partial charge in [0.15, 0.2) is 0 Å². The van der Waals surface area contributed by atoms with E-state index in [4.69, 9.17) is 0 Å². The number of halogens is 1. The molecule has 2 amide bonds. The van der Waals surface area contributed by atoms with Gasteiger partial charge in [0.05, 0.1) is 18.2 Å². The molecule has 0 bridgehead atoms. The number of rotatable bonds is 4. The van der Waals surface area contributed by atoms with Crippen molar-refractivity contribution in [3.05, 3.63) is 64.6 Å². The Labute approximate surface area is 167 Å². The lowest BCUT2D eigenvalue weighted by molar-refractivity contribution is -0.123. The molecule has 0 spiro atoms. The first-order chi connectivity index (χ1) is 13.1. The van der Waals surface area contributed by atoms with E-state index in [1.54, 1.807) is 6.07 Å². The van der Waals surface area contributed by atoms with E-state index in [0.29, 0.717) is 5.69 Å². The van der Waals surface area contributed by atoms with E-state index in [-0.39, 0.29) is 24.3 Å². The number of para-hydroxylation sites is 1. The fourth-order valence-electron chi connectivity index (χ4n) is 3.86. The van der Waals surface area contributed by atoms with Crippen LogP contribution in [0.15, 0.2) is 59.1 Å². The van der Waals surface area contributed by atoms with E-state index in [0.717, 1.165) is 37.2 Å². The van der Waals surface area contributed by atoms with Crippen LogP contribution in [0, 0.1) is 0 Å². The molecule has 0 aliphatic carbocycles. The third-order valence-corrected chi connectivity index (χ3v) is 5.98. The van der Waals surface area contributed by atoms with Crippen molar-refractivity contribution in [2.75, 3.05) is 31.1 Å². The molecular formula is C21H22BrN3O2. The SMILES string of the molecule is O=C1C[C@@H](N2CCN(Cc3ccccc3)CC2)C(=O)N1c1ccccc1Br. The number of anilines is 1. The molecular weight excluding hydrogens is 406 g/mol. The first-order valence-corrected chi connectivity index (χ1v) is 10.0. The highest BCUT2D eigenvalue weighted by Crippen LogP contribution is 2.31. The summed E-state index contributed by atoms with van der Waals surface area (Å²) in [6, 6.07) is 17.5. The first kappa shape index (κ1) is 18.3. The monoisotopic (exact) mass is 427 g/mol. The van der Waals surface area contributed by atoms with Gasteiger partial charge in [0.1, 0.15) is 0 Å². The Balaban J connectivity index is 1.40. The molecule has 1 atom stereocenters. The molecule has 2 aromatic rings. The summed E-state index contributed by atoms with van der Waals surface area (Å²) < 4.78 is 0.764. The highest BCUT2D eigenvalue weighted by molar-refractivity contribution is 9.10. The molecule has 2 heterocycles. The second-order valence-corrected chi connectivity index (χ2v) is 7.89. The molecule has 2 aromatic carbocycles. The first-order valence-electron chi connectivity index (χ1n) is 9.25. The van der Waals surface area contributed by atoms with Gasteiger partial charge in [0, 0.05) is 37.2 Å². The van der Waals surface area contributed by atoms with Crippen molar-refractivity contribution in [1.29, 1.82) is 0 Å².